The van der Waals surface area contributed by atoms with Gasteiger partial charge in [0, 0.05) is 36.0 Å². The van der Waals surface area contributed by atoms with E-state index in [1.54, 1.807) is 25.1 Å². The van der Waals surface area contributed by atoms with Crippen LogP contribution in [0, 0.1) is 17.0 Å². The van der Waals surface area contributed by atoms with Gasteiger partial charge in [-0.1, -0.05) is 6.07 Å². The summed E-state index contributed by atoms with van der Waals surface area (Å²) in [6.07, 6.45) is 0. The first-order valence-corrected chi connectivity index (χ1v) is 9.61. The average Bonchev–Trinajstić information content (AvgIpc) is 2.74. The summed E-state index contributed by atoms with van der Waals surface area (Å²) in [7, 11) is 0. The molecule has 2 aromatic carbocycles. The van der Waals surface area contributed by atoms with E-state index in [4.69, 9.17) is 9.47 Å². The molecule has 0 bridgehead atoms. The van der Waals surface area contributed by atoms with Gasteiger partial charge >= 0.3 is 5.97 Å². The zero-order valence-corrected chi connectivity index (χ0v) is 16.8. The highest BCUT2D eigenvalue weighted by Gasteiger charge is 2.22. The number of nitro benzene ring substituents is 1. The molecule has 1 N–H and O–H groups in total. The largest absolute Gasteiger partial charge is 0.462 e. The van der Waals surface area contributed by atoms with Crippen molar-refractivity contribution in [3.8, 4) is 0 Å². The van der Waals surface area contributed by atoms with Gasteiger partial charge in [0.25, 0.3) is 11.6 Å². The Morgan fingerprint density at radius 2 is 1.93 bits per heavy atom. The number of carbonyl (C=O) groups excluding carboxylic acids is 2. The van der Waals surface area contributed by atoms with Gasteiger partial charge in [-0.3, -0.25) is 14.9 Å². The lowest BCUT2D eigenvalue weighted by molar-refractivity contribution is -0.385. The number of hydrogen-bond donors (Lipinski definition) is 1. The van der Waals surface area contributed by atoms with E-state index in [1.165, 1.54) is 25.1 Å². The molecular weight excluding hydrogens is 390 g/mol. The molecule has 30 heavy (non-hydrogen) atoms. The van der Waals surface area contributed by atoms with Crippen LogP contribution in [0.1, 0.15) is 33.2 Å². The summed E-state index contributed by atoms with van der Waals surface area (Å²) in [6, 6.07) is 9.35. The van der Waals surface area contributed by atoms with Gasteiger partial charge < -0.3 is 19.7 Å². The van der Waals surface area contributed by atoms with E-state index in [0.29, 0.717) is 43.2 Å². The molecule has 0 atom stereocenters. The van der Waals surface area contributed by atoms with Crippen molar-refractivity contribution in [2.24, 2.45) is 0 Å². The highest BCUT2D eigenvalue weighted by atomic mass is 16.6. The molecule has 0 aliphatic carbocycles. The molecule has 1 aliphatic rings. The number of ether oxygens (including phenoxy) is 2. The van der Waals surface area contributed by atoms with Crippen LogP contribution in [0.5, 0.6) is 0 Å². The number of rotatable bonds is 6. The molecule has 0 aromatic heterocycles. The minimum absolute atomic E-state index is 0.127. The summed E-state index contributed by atoms with van der Waals surface area (Å²) < 4.78 is 10.5. The number of nitrogens with zero attached hydrogens (tertiary/aromatic N) is 2. The normalized spacial score (nSPS) is 13.6. The predicted molar refractivity (Wildman–Crippen MR) is 111 cm³/mol. The molecular formula is C21H23N3O6. The molecule has 0 spiro atoms. The van der Waals surface area contributed by atoms with Crippen molar-refractivity contribution in [1.29, 1.82) is 0 Å². The number of morpholine rings is 1. The number of esters is 1. The summed E-state index contributed by atoms with van der Waals surface area (Å²) in [4.78, 5) is 37.9. The first kappa shape index (κ1) is 21.3. The van der Waals surface area contributed by atoms with Crippen LogP contribution in [-0.4, -0.2) is 49.7 Å². The quantitative estimate of drug-likeness (QED) is 0.440. The molecule has 1 fully saturated rings. The first-order valence-electron chi connectivity index (χ1n) is 9.61. The zero-order chi connectivity index (χ0) is 21.7. The fourth-order valence-corrected chi connectivity index (χ4v) is 3.33. The van der Waals surface area contributed by atoms with Crippen molar-refractivity contribution in [2.45, 2.75) is 13.8 Å². The Morgan fingerprint density at radius 3 is 2.60 bits per heavy atom. The van der Waals surface area contributed by atoms with Crippen LogP contribution in [-0.2, 0) is 9.47 Å². The van der Waals surface area contributed by atoms with Gasteiger partial charge in [-0.15, -0.1) is 0 Å². The van der Waals surface area contributed by atoms with Crippen LogP contribution < -0.4 is 10.2 Å². The monoisotopic (exact) mass is 413 g/mol. The highest BCUT2D eigenvalue weighted by molar-refractivity contribution is 6.07. The second-order valence-corrected chi connectivity index (χ2v) is 6.71. The van der Waals surface area contributed by atoms with Crippen molar-refractivity contribution in [1.82, 2.24) is 0 Å². The summed E-state index contributed by atoms with van der Waals surface area (Å²) >= 11 is 0. The molecule has 158 valence electrons. The second-order valence-electron chi connectivity index (χ2n) is 6.71. The third kappa shape index (κ3) is 4.57. The van der Waals surface area contributed by atoms with Crippen molar-refractivity contribution in [3.63, 3.8) is 0 Å². The number of nitrogens with one attached hydrogen (secondary N) is 1. The van der Waals surface area contributed by atoms with Crippen LogP contribution in [0.25, 0.3) is 0 Å². The minimum Gasteiger partial charge on any atom is -0.462 e. The number of benzene rings is 2. The summed E-state index contributed by atoms with van der Waals surface area (Å²) in [6.45, 7) is 5.89. The number of hydrogen-bond acceptors (Lipinski definition) is 7. The van der Waals surface area contributed by atoms with E-state index in [2.05, 4.69) is 5.32 Å². The molecule has 0 unspecified atom stereocenters. The molecule has 9 heteroatoms. The fourth-order valence-electron chi connectivity index (χ4n) is 3.33. The lowest BCUT2D eigenvalue weighted by Crippen LogP contribution is -2.37. The number of anilines is 2. The van der Waals surface area contributed by atoms with E-state index >= 15 is 0 Å². The zero-order valence-electron chi connectivity index (χ0n) is 16.8. The molecule has 3 rings (SSSR count). The molecule has 1 aliphatic heterocycles. The van der Waals surface area contributed by atoms with Gasteiger partial charge in [0.2, 0.25) is 0 Å². The summed E-state index contributed by atoms with van der Waals surface area (Å²) in [5.74, 6) is -0.980. The van der Waals surface area contributed by atoms with Crippen molar-refractivity contribution >= 4 is 28.9 Å². The Morgan fingerprint density at radius 1 is 1.20 bits per heavy atom. The third-order valence-electron chi connectivity index (χ3n) is 4.85. The highest BCUT2D eigenvalue weighted by Crippen LogP contribution is 2.27. The van der Waals surface area contributed by atoms with Crippen molar-refractivity contribution in [3.05, 3.63) is 63.2 Å². The maximum Gasteiger partial charge on any atom is 0.340 e. The Hall–Kier alpha value is -3.46. The lowest BCUT2D eigenvalue weighted by atomic mass is 10.1. The lowest BCUT2D eigenvalue weighted by Gasteiger charge is -2.30. The van der Waals surface area contributed by atoms with Crippen LogP contribution in [0.3, 0.4) is 0 Å². The van der Waals surface area contributed by atoms with Crippen LogP contribution in [0.4, 0.5) is 17.1 Å². The maximum atomic E-state index is 12.7. The second kappa shape index (κ2) is 9.36. The van der Waals surface area contributed by atoms with E-state index in [0.717, 1.165) is 0 Å². The average molecular weight is 413 g/mol. The third-order valence-corrected chi connectivity index (χ3v) is 4.85. The number of carbonyl (C=O) groups is 2. The summed E-state index contributed by atoms with van der Waals surface area (Å²) in [5, 5.41) is 13.9. The van der Waals surface area contributed by atoms with Gasteiger partial charge in [0.1, 0.15) is 0 Å². The molecule has 1 saturated heterocycles. The number of nitro groups is 1. The van der Waals surface area contributed by atoms with E-state index in [1.807, 2.05) is 4.90 Å². The van der Waals surface area contributed by atoms with Gasteiger partial charge in [0.15, 0.2) is 0 Å². The van der Waals surface area contributed by atoms with Crippen LogP contribution >= 0.6 is 0 Å². The van der Waals surface area contributed by atoms with E-state index in [-0.39, 0.29) is 23.4 Å². The molecule has 2 aromatic rings. The Labute approximate surface area is 173 Å². The molecule has 9 nitrogen and oxygen atoms in total. The van der Waals surface area contributed by atoms with Gasteiger partial charge in [-0.25, -0.2) is 4.79 Å². The number of amides is 1. The molecule has 1 amide bonds. The molecule has 0 radical (unpaired) electrons. The van der Waals surface area contributed by atoms with Gasteiger partial charge in [-0.2, -0.15) is 0 Å². The smallest absolute Gasteiger partial charge is 0.340 e. The fraction of sp³-hybridized carbons (Fsp3) is 0.333. The molecule has 0 saturated carbocycles. The van der Waals surface area contributed by atoms with Gasteiger partial charge in [0.05, 0.1) is 36.0 Å². The van der Waals surface area contributed by atoms with Crippen LogP contribution in [0.15, 0.2) is 36.4 Å². The molecule has 1 heterocycles. The Balaban J connectivity index is 1.90. The minimum atomic E-state index is -0.526. The summed E-state index contributed by atoms with van der Waals surface area (Å²) in [5.41, 5.74) is 1.78. The van der Waals surface area contributed by atoms with Crippen LogP contribution in [0.2, 0.25) is 0 Å². The standard InChI is InChI=1S/C21H23N3O6/c1-3-30-21(26)17-13-15(7-8-19(17)23-9-11-29-12-10-23)22-20(25)16-5-4-6-18(14(16)2)24(27)28/h4-8,13H,3,9-12H2,1-2H3,(H,22,25). The van der Waals surface area contributed by atoms with E-state index < -0.39 is 16.8 Å². The Kier molecular flexibility index (Phi) is 6.63. The first-order chi connectivity index (χ1) is 14.4. The maximum absolute atomic E-state index is 12.7. The van der Waals surface area contributed by atoms with Crippen molar-refractivity contribution in [2.75, 3.05) is 43.1 Å². The SMILES string of the molecule is CCOC(=O)c1cc(NC(=O)c2cccc([N+](=O)[O-])c2C)ccc1N1CCOCC1. The predicted octanol–water partition coefficient (Wildman–Crippen LogP) is 3.17. The van der Waals surface area contributed by atoms with Gasteiger partial charge in [-0.05, 0) is 38.1 Å². The topological polar surface area (TPSA) is 111 Å². The Bertz CT molecular complexity index is 969. The van der Waals surface area contributed by atoms with E-state index in [9.17, 15) is 19.7 Å². The van der Waals surface area contributed by atoms with Crippen molar-refractivity contribution < 1.29 is 24.0 Å².